The minimum Gasteiger partial charge on any atom is -0.343 e. The molecular formula is C6H14N2O4S. The van der Waals surface area contributed by atoms with E-state index in [-0.39, 0.29) is 6.67 Å². The fourth-order valence-electron chi connectivity index (χ4n) is 0.741. The lowest BCUT2D eigenvalue weighted by Crippen LogP contribution is -2.37. The first kappa shape index (κ1) is 12.3. The van der Waals surface area contributed by atoms with Crippen molar-refractivity contribution in [2.24, 2.45) is 5.92 Å². The van der Waals surface area contributed by atoms with Crippen LogP contribution in [-0.4, -0.2) is 38.3 Å². The van der Waals surface area contributed by atoms with Crippen LogP contribution in [-0.2, 0) is 14.9 Å². The fourth-order valence-corrected chi connectivity index (χ4v) is 1.52. The summed E-state index contributed by atoms with van der Waals surface area (Å²) in [5.41, 5.74) is 0. The third-order valence-electron chi connectivity index (χ3n) is 1.35. The van der Waals surface area contributed by atoms with Crippen LogP contribution in [0.25, 0.3) is 0 Å². The summed E-state index contributed by atoms with van der Waals surface area (Å²) in [6.45, 7) is 1.70. The van der Waals surface area contributed by atoms with Gasteiger partial charge in [0.25, 0.3) is 10.1 Å². The summed E-state index contributed by atoms with van der Waals surface area (Å²) < 4.78 is 29.2. The van der Waals surface area contributed by atoms with Gasteiger partial charge in [0.1, 0.15) is 0 Å². The van der Waals surface area contributed by atoms with Gasteiger partial charge in [-0.15, -0.1) is 0 Å². The molecule has 0 saturated heterocycles. The molecule has 0 saturated carbocycles. The second-order valence-corrected chi connectivity index (χ2v) is 4.22. The van der Waals surface area contributed by atoms with Gasteiger partial charge >= 0.3 is 0 Å². The molecule has 0 bridgehead atoms. The van der Waals surface area contributed by atoms with Crippen LogP contribution in [0.2, 0.25) is 0 Å². The maximum absolute atomic E-state index is 11.1. The fraction of sp³-hybridized carbons (Fsp3) is 0.833. The van der Waals surface area contributed by atoms with E-state index < -0.39 is 27.7 Å². The van der Waals surface area contributed by atoms with Gasteiger partial charge < -0.3 is 10.6 Å². The molecule has 0 aromatic heterocycles. The van der Waals surface area contributed by atoms with Gasteiger partial charge in [0, 0.05) is 0 Å². The van der Waals surface area contributed by atoms with Gasteiger partial charge in [0.15, 0.2) is 0 Å². The van der Waals surface area contributed by atoms with Gasteiger partial charge in [-0.3, -0.25) is 9.35 Å². The molecule has 6 nitrogen and oxygen atoms in total. The van der Waals surface area contributed by atoms with E-state index in [2.05, 4.69) is 10.6 Å². The Balaban J connectivity index is 3.97. The van der Waals surface area contributed by atoms with E-state index in [1.54, 1.807) is 7.05 Å². The Hall–Kier alpha value is -0.660. The van der Waals surface area contributed by atoms with Crippen molar-refractivity contribution < 1.29 is 17.8 Å². The normalized spacial score (nSPS) is 13.8. The Morgan fingerprint density at radius 2 is 2.08 bits per heavy atom. The molecule has 1 amide bonds. The quantitative estimate of drug-likeness (QED) is 0.391. The molecule has 78 valence electrons. The molecule has 0 radical (unpaired) electrons. The van der Waals surface area contributed by atoms with Crippen molar-refractivity contribution in [3.05, 3.63) is 0 Å². The van der Waals surface area contributed by atoms with Gasteiger partial charge in [0.2, 0.25) is 5.91 Å². The summed E-state index contributed by atoms with van der Waals surface area (Å²) in [7, 11) is -2.43. The smallest absolute Gasteiger partial charge is 0.265 e. The average Bonchev–Trinajstić information content (AvgIpc) is 1.96. The molecule has 0 aliphatic rings. The molecule has 0 spiro atoms. The standard InChI is InChI=1S/C6H14N2O4S/c1-5(3-13(10,11)12)6(9)8-4-7-2/h5,7H,3-4H2,1-2H3,(H,8,9)(H,10,11,12). The van der Waals surface area contributed by atoms with Crippen LogP contribution in [0.1, 0.15) is 6.92 Å². The molecule has 1 atom stereocenters. The van der Waals surface area contributed by atoms with Gasteiger partial charge in [0.05, 0.1) is 18.3 Å². The summed E-state index contributed by atoms with van der Waals surface area (Å²) in [5.74, 6) is -1.71. The summed E-state index contributed by atoms with van der Waals surface area (Å²) in [5, 5.41) is 5.10. The van der Waals surface area contributed by atoms with Crippen LogP contribution in [0.15, 0.2) is 0 Å². The molecule has 0 aliphatic heterocycles. The van der Waals surface area contributed by atoms with Crippen LogP contribution in [0.5, 0.6) is 0 Å². The summed E-state index contributed by atoms with van der Waals surface area (Å²) >= 11 is 0. The Kier molecular flexibility index (Phi) is 4.89. The van der Waals surface area contributed by atoms with E-state index in [4.69, 9.17) is 4.55 Å². The van der Waals surface area contributed by atoms with Crippen molar-refractivity contribution in [3.8, 4) is 0 Å². The topological polar surface area (TPSA) is 95.5 Å². The van der Waals surface area contributed by atoms with Crippen LogP contribution in [0.3, 0.4) is 0 Å². The predicted molar refractivity (Wildman–Crippen MR) is 47.6 cm³/mol. The van der Waals surface area contributed by atoms with E-state index >= 15 is 0 Å². The first-order valence-corrected chi connectivity index (χ1v) is 5.35. The first-order chi connectivity index (χ1) is 5.87. The average molecular weight is 210 g/mol. The third-order valence-corrected chi connectivity index (χ3v) is 2.27. The first-order valence-electron chi connectivity index (χ1n) is 3.74. The van der Waals surface area contributed by atoms with Crippen LogP contribution >= 0.6 is 0 Å². The van der Waals surface area contributed by atoms with Crippen molar-refractivity contribution in [2.75, 3.05) is 19.5 Å². The molecule has 13 heavy (non-hydrogen) atoms. The van der Waals surface area contributed by atoms with E-state index in [0.29, 0.717) is 0 Å². The molecule has 3 N–H and O–H groups in total. The summed E-state index contributed by atoms with van der Waals surface area (Å²) in [6, 6.07) is 0. The molecule has 0 heterocycles. The van der Waals surface area contributed by atoms with E-state index in [9.17, 15) is 13.2 Å². The highest BCUT2D eigenvalue weighted by molar-refractivity contribution is 7.85. The maximum Gasteiger partial charge on any atom is 0.265 e. The Labute approximate surface area is 77.5 Å². The van der Waals surface area contributed by atoms with Crippen molar-refractivity contribution in [3.63, 3.8) is 0 Å². The minimum absolute atomic E-state index is 0.272. The van der Waals surface area contributed by atoms with Crippen molar-refractivity contribution in [1.29, 1.82) is 0 Å². The number of carbonyl (C=O) groups excluding carboxylic acids is 1. The predicted octanol–water partition coefficient (Wildman–Crippen LogP) is -1.20. The summed E-state index contributed by atoms with van der Waals surface area (Å²) in [4.78, 5) is 11.1. The highest BCUT2D eigenvalue weighted by atomic mass is 32.2. The largest absolute Gasteiger partial charge is 0.343 e. The minimum atomic E-state index is -4.07. The second-order valence-electron chi connectivity index (χ2n) is 2.72. The number of hydrogen-bond acceptors (Lipinski definition) is 4. The number of carbonyl (C=O) groups is 1. The van der Waals surface area contributed by atoms with Crippen molar-refractivity contribution in [2.45, 2.75) is 6.92 Å². The maximum atomic E-state index is 11.1. The van der Waals surface area contributed by atoms with Crippen molar-refractivity contribution in [1.82, 2.24) is 10.6 Å². The Morgan fingerprint density at radius 3 is 2.46 bits per heavy atom. The SMILES string of the molecule is CNCNC(=O)C(C)CS(=O)(=O)O. The lowest BCUT2D eigenvalue weighted by molar-refractivity contribution is -0.123. The highest BCUT2D eigenvalue weighted by Crippen LogP contribution is 1.98. The van der Waals surface area contributed by atoms with Gasteiger partial charge in [-0.05, 0) is 7.05 Å². The molecular weight excluding hydrogens is 196 g/mol. The molecule has 0 aromatic rings. The zero-order valence-corrected chi connectivity index (χ0v) is 8.39. The number of hydrogen-bond donors (Lipinski definition) is 3. The van der Waals surface area contributed by atoms with Crippen LogP contribution in [0, 0.1) is 5.92 Å². The number of rotatable bonds is 5. The summed E-state index contributed by atoms with van der Waals surface area (Å²) in [6.07, 6.45) is 0. The van der Waals surface area contributed by atoms with Gasteiger partial charge in [-0.1, -0.05) is 6.92 Å². The molecule has 7 heteroatoms. The van der Waals surface area contributed by atoms with Gasteiger partial charge in [-0.25, -0.2) is 0 Å². The lowest BCUT2D eigenvalue weighted by atomic mass is 10.2. The number of nitrogens with one attached hydrogen (secondary N) is 2. The molecule has 0 aliphatic carbocycles. The third kappa shape index (κ3) is 6.50. The second kappa shape index (κ2) is 5.15. The van der Waals surface area contributed by atoms with Gasteiger partial charge in [-0.2, -0.15) is 8.42 Å². The zero-order valence-electron chi connectivity index (χ0n) is 7.57. The van der Waals surface area contributed by atoms with E-state index in [0.717, 1.165) is 0 Å². The number of amides is 1. The highest BCUT2D eigenvalue weighted by Gasteiger charge is 2.18. The monoisotopic (exact) mass is 210 g/mol. The molecule has 0 rings (SSSR count). The lowest BCUT2D eigenvalue weighted by Gasteiger charge is -2.09. The van der Waals surface area contributed by atoms with Crippen molar-refractivity contribution >= 4 is 16.0 Å². The van der Waals surface area contributed by atoms with E-state index in [1.165, 1.54) is 6.92 Å². The van der Waals surface area contributed by atoms with E-state index in [1.807, 2.05) is 0 Å². The molecule has 1 unspecified atom stereocenters. The Bertz CT molecular complexity index is 262. The van der Waals surface area contributed by atoms with Crippen LogP contribution < -0.4 is 10.6 Å². The zero-order chi connectivity index (χ0) is 10.5. The molecule has 0 fully saturated rings. The Morgan fingerprint density at radius 1 is 1.54 bits per heavy atom. The molecule has 0 aromatic carbocycles. The van der Waals surface area contributed by atoms with Crippen LogP contribution in [0.4, 0.5) is 0 Å².